The van der Waals surface area contributed by atoms with Crippen LogP contribution in [0, 0.1) is 0 Å². The molecule has 0 N–H and O–H groups in total. The molecule has 10 aromatic carbocycles. The lowest BCUT2D eigenvalue weighted by Crippen LogP contribution is -2.15. The highest BCUT2D eigenvalue weighted by Crippen LogP contribution is 2.54. The van der Waals surface area contributed by atoms with Gasteiger partial charge < -0.3 is 9.80 Å². The van der Waals surface area contributed by atoms with E-state index >= 15 is 0 Å². The van der Waals surface area contributed by atoms with Crippen LogP contribution in [0.15, 0.2) is 206 Å². The van der Waals surface area contributed by atoms with Crippen molar-refractivity contribution in [1.29, 1.82) is 0 Å². The maximum atomic E-state index is 2.47. The Balaban J connectivity index is 1.11. The summed E-state index contributed by atoms with van der Waals surface area (Å²) in [4.78, 5) is 4.94. The number of para-hydroxylation sites is 2. The Morgan fingerprint density at radius 3 is 1.02 bits per heavy atom. The number of anilines is 6. The van der Waals surface area contributed by atoms with Crippen LogP contribution >= 0.6 is 0 Å². The van der Waals surface area contributed by atoms with Crippen molar-refractivity contribution in [2.75, 3.05) is 9.80 Å². The van der Waals surface area contributed by atoms with E-state index in [1.165, 1.54) is 76.8 Å². The number of hydrogen-bond acceptors (Lipinski definition) is 2. The first-order valence-corrected chi connectivity index (χ1v) is 21.9. The molecule has 0 heterocycles. The van der Waals surface area contributed by atoms with Crippen LogP contribution in [0.5, 0.6) is 0 Å². The van der Waals surface area contributed by atoms with Gasteiger partial charge in [0.05, 0.1) is 11.4 Å². The Morgan fingerprint density at radius 1 is 0.258 bits per heavy atom. The summed E-state index contributed by atoms with van der Waals surface area (Å²) < 4.78 is 0. The van der Waals surface area contributed by atoms with Crippen molar-refractivity contribution in [3.05, 3.63) is 229 Å². The minimum atomic E-state index is -0.0667. The molecule has 12 rings (SSSR count). The molecule has 0 amide bonds. The molecule has 2 aliphatic carbocycles. The van der Waals surface area contributed by atoms with Gasteiger partial charge in [-0.3, -0.25) is 0 Å². The van der Waals surface area contributed by atoms with Crippen LogP contribution in [0.1, 0.15) is 49.9 Å². The zero-order valence-corrected chi connectivity index (χ0v) is 35.5. The fourth-order valence-electron chi connectivity index (χ4n) is 11.0. The van der Waals surface area contributed by atoms with Crippen molar-refractivity contribution < 1.29 is 0 Å². The predicted molar refractivity (Wildman–Crippen MR) is 263 cm³/mol. The largest absolute Gasteiger partial charge is 0.310 e. The zero-order chi connectivity index (χ0) is 41.7. The van der Waals surface area contributed by atoms with Gasteiger partial charge in [0, 0.05) is 44.4 Å². The van der Waals surface area contributed by atoms with Crippen LogP contribution in [0.2, 0.25) is 0 Å². The Hall–Kier alpha value is -7.42. The van der Waals surface area contributed by atoms with E-state index in [1.54, 1.807) is 0 Å². The van der Waals surface area contributed by atoms with E-state index in [-0.39, 0.29) is 10.8 Å². The lowest BCUT2D eigenvalue weighted by molar-refractivity contribution is 0.660. The standard InChI is InChI=1S/C60H46N2/c1-59(2)53-29-17-15-25-45(53)51-35-41(31-33-55(51)59)61(39-19-7-5-8-20-39)57-37-49-44-24-12-14-28-48(44)58(38-50(49)43-23-11-13-27-47(43)57)62(40-21-9-6-10-22-40)42-32-34-56-52(36-42)46-26-16-18-30-54(46)60(56,3)4/h5-38H,1-4H3. The number of rotatable bonds is 6. The van der Waals surface area contributed by atoms with Crippen molar-refractivity contribution in [1.82, 2.24) is 0 Å². The molecule has 0 unspecified atom stereocenters. The molecule has 0 fully saturated rings. The maximum Gasteiger partial charge on any atom is 0.0546 e. The maximum absolute atomic E-state index is 2.47. The van der Waals surface area contributed by atoms with Crippen LogP contribution < -0.4 is 9.80 Å². The van der Waals surface area contributed by atoms with Crippen LogP contribution in [-0.2, 0) is 10.8 Å². The third-order valence-corrected chi connectivity index (χ3v) is 14.0. The van der Waals surface area contributed by atoms with Gasteiger partial charge in [0.2, 0.25) is 0 Å². The van der Waals surface area contributed by atoms with Crippen molar-refractivity contribution in [3.8, 4) is 22.3 Å². The van der Waals surface area contributed by atoms with Gasteiger partial charge in [-0.25, -0.2) is 0 Å². The number of hydrogen-bond donors (Lipinski definition) is 0. The van der Waals surface area contributed by atoms with E-state index < -0.39 is 0 Å². The SMILES string of the molecule is CC1(C)c2ccccc2-c2cc(N(c3ccccc3)c3cc4c5ccccc5c(N(c5ccccc5)c5ccc6c(c5)-c5ccccc5C6(C)C)cc4c4ccccc34)ccc21. The quantitative estimate of drug-likeness (QED) is 0.155. The van der Waals surface area contributed by atoms with E-state index in [4.69, 9.17) is 0 Å². The van der Waals surface area contributed by atoms with Gasteiger partial charge in [-0.2, -0.15) is 0 Å². The second-order valence-corrected chi connectivity index (χ2v) is 18.1. The van der Waals surface area contributed by atoms with Crippen molar-refractivity contribution >= 4 is 66.4 Å². The third-order valence-electron chi connectivity index (χ3n) is 14.0. The average Bonchev–Trinajstić information content (AvgIpc) is 3.69. The molecule has 296 valence electrons. The highest BCUT2D eigenvalue weighted by Gasteiger charge is 2.37. The Kier molecular flexibility index (Phi) is 7.96. The molecule has 0 saturated heterocycles. The molecule has 0 radical (unpaired) electrons. The molecule has 0 atom stereocenters. The van der Waals surface area contributed by atoms with Crippen LogP contribution in [0.25, 0.3) is 54.6 Å². The van der Waals surface area contributed by atoms with E-state index in [0.717, 1.165) is 34.1 Å². The van der Waals surface area contributed by atoms with Gasteiger partial charge in [0.25, 0.3) is 0 Å². The van der Waals surface area contributed by atoms with E-state index in [0.29, 0.717) is 0 Å². The Bertz CT molecular complexity index is 3190. The molecule has 62 heavy (non-hydrogen) atoms. The molecule has 0 spiro atoms. The number of fused-ring (bicyclic) bond motifs is 11. The number of benzene rings is 10. The molecule has 0 aromatic heterocycles. The minimum Gasteiger partial charge on any atom is -0.310 e. The van der Waals surface area contributed by atoms with Crippen LogP contribution in [0.4, 0.5) is 34.1 Å². The van der Waals surface area contributed by atoms with Gasteiger partial charge >= 0.3 is 0 Å². The van der Waals surface area contributed by atoms with Gasteiger partial charge in [0.15, 0.2) is 0 Å². The van der Waals surface area contributed by atoms with Crippen molar-refractivity contribution in [2.45, 2.75) is 38.5 Å². The lowest BCUT2D eigenvalue weighted by atomic mass is 9.82. The molecule has 0 aliphatic heterocycles. The molecular weight excluding hydrogens is 749 g/mol. The fourth-order valence-corrected chi connectivity index (χ4v) is 11.0. The normalized spacial score (nSPS) is 14.1. The van der Waals surface area contributed by atoms with Crippen LogP contribution in [0.3, 0.4) is 0 Å². The number of nitrogens with zero attached hydrogens (tertiary/aromatic N) is 2. The van der Waals surface area contributed by atoms with Crippen molar-refractivity contribution in [3.63, 3.8) is 0 Å². The summed E-state index contributed by atoms with van der Waals surface area (Å²) in [5.41, 5.74) is 17.5. The summed E-state index contributed by atoms with van der Waals surface area (Å²) in [6.07, 6.45) is 0. The molecule has 2 heteroatoms. The summed E-state index contributed by atoms with van der Waals surface area (Å²) in [6, 6.07) is 76.7. The monoisotopic (exact) mass is 794 g/mol. The molecule has 10 aromatic rings. The van der Waals surface area contributed by atoms with Gasteiger partial charge in [-0.05, 0) is 127 Å². The van der Waals surface area contributed by atoms with Gasteiger partial charge in [-0.15, -0.1) is 0 Å². The second-order valence-electron chi connectivity index (χ2n) is 18.1. The highest BCUT2D eigenvalue weighted by atomic mass is 15.2. The Labute approximate surface area is 364 Å². The smallest absolute Gasteiger partial charge is 0.0546 e. The first-order chi connectivity index (χ1) is 30.3. The summed E-state index contributed by atoms with van der Waals surface area (Å²) in [5, 5.41) is 7.30. The van der Waals surface area contributed by atoms with Crippen LogP contribution in [-0.4, -0.2) is 0 Å². The predicted octanol–water partition coefficient (Wildman–Crippen LogP) is 16.7. The summed E-state index contributed by atoms with van der Waals surface area (Å²) in [5.74, 6) is 0. The first-order valence-electron chi connectivity index (χ1n) is 21.9. The van der Waals surface area contributed by atoms with E-state index in [9.17, 15) is 0 Å². The lowest BCUT2D eigenvalue weighted by Gasteiger charge is -2.30. The molecule has 0 bridgehead atoms. The zero-order valence-electron chi connectivity index (χ0n) is 35.5. The molecule has 0 saturated carbocycles. The van der Waals surface area contributed by atoms with Gasteiger partial charge in [-0.1, -0.05) is 173 Å². The second kappa shape index (κ2) is 13.5. The summed E-state index contributed by atoms with van der Waals surface area (Å²) in [7, 11) is 0. The molecule has 2 aliphatic rings. The van der Waals surface area contributed by atoms with Crippen molar-refractivity contribution in [2.24, 2.45) is 0 Å². The minimum absolute atomic E-state index is 0.0667. The Morgan fingerprint density at radius 2 is 0.597 bits per heavy atom. The molecule has 2 nitrogen and oxygen atoms in total. The molecular formula is C60H46N2. The summed E-state index contributed by atoms with van der Waals surface area (Å²) >= 11 is 0. The van der Waals surface area contributed by atoms with E-state index in [1.807, 2.05) is 0 Å². The average molecular weight is 795 g/mol. The third kappa shape index (κ3) is 5.29. The fraction of sp³-hybridized carbons (Fsp3) is 0.100. The topological polar surface area (TPSA) is 6.48 Å². The highest BCUT2D eigenvalue weighted by molar-refractivity contribution is 6.24. The first kappa shape index (κ1) is 36.4. The van der Waals surface area contributed by atoms with Gasteiger partial charge in [0.1, 0.15) is 0 Å². The summed E-state index contributed by atoms with van der Waals surface area (Å²) in [6.45, 7) is 9.41. The van der Waals surface area contributed by atoms with E-state index in [2.05, 4.69) is 244 Å².